The van der Waals surface area contributed by atoms with Gasteiger partial charge in [-0.15, -0.1) is 5.92 Å². The summed E-state index contributed by atoms with van der Waals surface area (Å²) in [6.45, 7) is 2.08. The van der Waals surface area contributed by atoms with E-state index in [9.17, 15) is 18.1 Å². The minimum Gasteiger partial charge on any atom is -0.748 e. The molecule has 0 bridgehead atoms. The van der Waals surface area contributed by atoms with Crippen LogP contribution in [0.25, 0.3) is 0 Å². The Bertz CT molecular complexity index is 370. The molecular weight excluding hydrogens is 287 g/mol. The van der Waals surface area contributed by atoms with Gasteiger partial charge in [-0.3, -0.25) is 0 Å². The second kappa shape index (κ2) is 14.4. The van der Waals surface area contributed by atoms with Gasteiger partial charge in [0.1, 0.15) is 6.10 Å². The molecule has 0 aromatic heterocycles. The van der Waals surface area contributed by atoms with Crippen molar-refractivity contribution < 1.29 is 47.6 Å². The van der Waals surface area contributed by atoms with Crippen LogP contribution in [0.3, 0.4) is 0 Å². The molecule has 0 spiro atoms. The third kappa shape index (κ3) is 18.4. The summed E-state index contributed by atoms with van der Waals surface area (Å²) in [7, 11) is -4.04. The summed E-state index contributed by atoms with van der Waals surface area (Å²) in [5.41, 5.74) is 0. The molecule has 0 saturated heterocycles. The van der Waals surface area contributed by atoms with Crippen molar-refractivity contribution in [3.05, 3.63) is 0 Å². The molecule has 0 radical (unpaired) electrons. The fourth-order valence-electron chi connectivity index (χ4n) is 1.68. The molecular formula is C14H25NaO4S. The van der Waals surface area contributed by atoms with E-state index in [1.165, 1.54) is 0 Å². The standard InChI is InChI=1S/C14H26O4S.Na/c1-2-3-11-14(15)12-9-7-5-4-6-8-10-13-19(16,17)18;/h14-15H,2-8,10-11,13H2,1H3,(H,16,17,18);/q;+1/p-1/t14-;/m1./s1. The number of aliphatic hydroxyl groups excluding tert-OH is 1. The molecule has 0 amide bonds. The van der Waals surface area contributed by atoms with Crippen LogP contribution < -0.4 is 29.6 Å². The van der Waals surface area contributed by atoms with Crippen LogP contribution in [0.5, 0.6) is 0 Å². The van der Waals surface area contributed by atoms with E-state index < -0.39 is 16.2 Å². The third-order valence-electron chi connectivity index (χ3n) is 2.80. The Morgan fingerprint density at radius 3 is 2.30 bits per heavy atom. The third-order valence-corrected chi connectivity index (χ3v) is 3.58. The molecule has 6 heteroatoms. The van der Waals surface area contributed by atoms with Crippen LogP contribution in [0.15, 0.2) is 0 Å². The molecule has 1 atom stereocenters. The number of hydrogen-bond donors (Lipinski definition) is 1. The van der Waals surface area contributed by atoms with Gasteiger partial charge in [-0.2, -0.15) is 0 Å². The number of aliphatic hydroxyl groups is 1. The molecule has 0 aliphatic rings. The van der Waals surface area contributed by atoms with Crippen molar-refractivity contribution in [2.45, 2.75) is 70.8 Å². The molecule has 4 nitrogen and oxygen atoms in total. The van der Waals surface area contributed by atoms with Gasteiger partial charge in [0.05, 0.1) is 10.1 Å². The Balaban J connectivity index is 0. The zero-order valence-electron chi connectivity index (χ0n) is 12.7. The molecule has 0 saturated carbocycles. The molecule has 1 N–H and O–H groups in total. The van der Waals surface area contributed by atoms with Crippen LogP contribution in [0.1, 0.15) is 64.7 Å². The summed E-state index contributed by atoms with van der Waals surface area (Å²) in [5.74, 6) is 5.53. The summed E-state index contributed by atoms with van der Waals surface area (Å²) in [6.07, 6.45) is 7.17. The Kier molecular flexibility index (Phi) is 16.3. The molecule has 20 heavy (non-hydrogen) atoms. The molecule has 0 aromatic carbocycles. The summed E-state index contributed by atoms with van der Waals surface area (Å²) >= 11 is 0. The van der Waals surface area contributed by atoms with Crippen LogP contribution >= 0.6 is 0 Å². The minimum atomic E-state index is -4.04. The average Bonchev–Trinajstić information content (AvgIpc) is 2.33. The summed E-state index contributed by atoms with van der Waals surface area (Å²) in [5, 5.41) is 9.47. The van der Waals surface area contributed by atoms with Gasteiger partial charge in [0.15, 0.2) is 0 Å². The van der Waals surface area contributed by atoms with Crippen LogP contribution in [0, 0.1) is 11.8 Å². The zero-order chi connectivity index (χ0) is 14.6. The Morgan fingerprint density at radius 1 is 1.10 bits per heavy atom. The fourth-order valence-corrected chi connectivity index (χ4v) is 2.24. The van der Waals surface area contributed by atoms with Crippen molar-refractivity contribution in [1.29, 1.82) is 0 Å². The van der Waals surface area contributed by atoms with Crippen molar-refractivity contribution in [3.63, 3.8) is 0 Å². The number of hydrogen-bond acceptors (Lipinski definition) is 4. The van der Waals surface area contributed by atoms with Gasteiger partial charge in [-0.1, -0.05) is 44.9 Å². The van der Waals surface area contributed by atoms with Crippen molar-refractivity contribution >= 4 is 10.1 Å². The SMILES string of the molecule is CCCC[C@@H](O)C#CCCCCCCCS(=O)(=O)[O-].[Na+]. The van der Waals surface area contributed by atoms with Crippen molar-refractivity contribution in [2.24, 2.45) is 0 Å². The quantitative estimate of drug-likeness (QED) is 0.254. The van der Waals surface area contributed by atoms with E-state index >= 15 is 0 Å². The smallest absolute Gasteiger partial charge is 0.748 e. The van der Waals surface area contributed by atoms with E-state index in [2.05, 4.69) is 18.8 Å². The van der Waals surface area contributed by atoms with E-state index in [0.29, 0.717) is 6.42 Å². The molecule has 0 unspecified atom stereocenters. The van der Waals surface area contributed by atoms with Gasteiger partial charge in [-0.05, 0) is 19.3 Å². The Labute approximate surface area is 145 Å². The maximum atomic E-state index is 10.3. The number of rotatable bonds is 10. The predicted octanol–water partition coefficient (Wildman–Crippen LogP) is -0.569. The van der Waals surface area contributed by atoms with Crippen molar-refractivity contribution in [1.82, 2.24) is 0 Å². The second-order valence-electron chi connectivity index (χ2n) is 4.76. The average molecular weight is 312 g/mol. The van der Waals surface area contributed by atoms with Gasteiger partial charge in [0.25, 0.3) is 0 Å². The first kappa shape index (κ1) is 22.7. The van der Waals surface area contributed by atoms with Crippen LogP contribution in [0.4, 0.5) is 0 Å². The summed E-state index contributed by atoms with van der Waals surface area (Å²) in [4.78, 5) is 0. The van der Waals surface area contributed by atoms with Gasteiger partial charge in [-0.25, -0.2) is 8.42 Å². The second-order valence-corrected chi connectivity index (χ2v) is 6.28. The summed E-state index contributed by atoms with van der Waals surface area (Å²) < 4.78 is 31.0. The molecule has 0 aliphatic heterocycles. The maximum absolute atomic E-state index is 10.3. The van der Waals surface area contributed by atoms with Crippen LogP contribution in [0.2, 0.25) is 0 Å². The van der Waals surface area contributed by atoms with Crippen LogP contribution in [-0.2, 0) is 10.1 Å². The largest absolute Gasteiger partial charge is 1.00 e. The molecule has 0 rings (SSSR count). The molecule has 0 aromatic rings. The van der Waals surface area contributed by atoms with Gasteiger partial charge >= 0.3 is 29.6 Å². The monoisotopic (exact) mass is 312 g/mol. The minimum absolute atomic E-state index is 0. The summed E-state index contributed by atoms with van der Waals surface area (Å²) in [6, 6.07) is 0. The number of unbranched alkanes of at least 4 members (excludes halogenated alkanes) is 6. The van der Waals surface area contributed by atoms with E-state index in [-0.39, 0.29) is 35.3 Å². The first-order chi connectivity index (χ1) is 8.95. The predicted molar refractivity (Wildman–Crippen MR) is 75.6 cm³/mol. The van der Waals surface area contributed by atoms with Gasteiger partial charge < -0.3 is 9.66 Å². The van der Waals surface area contributed by atoms with Gasteiger partial charge in [0, 0.05) is 12.2 Å². The molecule has 0 aliphatic carbocycles. The topological polar surface area (TPSA) is 77.4 Å². The van der Waals surface area contributed by atoms with E-state index in [1.807, 2.05) is 0 Å². The van der Waals surface area contributed by atoms with Crippen LogP contribution in [-0.4, -0.2) is 29.9 Å². The van der Waals surface area contributed by atoms with E-state index in [0.717, 1.165) is 51.4 Å². The van der Waals surface area contributed by atoms with E-state index in [1.54, 1.807) is 0 Å². The fraction of sp³-hybridized carbons (Fsp3) is 0.857. The molecule has 112 valence electrons. The Morgan fingerprint density at radius 2 is 1.70 bits per heavy atom. The Hall–Kier alpha value is 0.430. The zero-order valence-corrected chi connectivity index (χ0v) is 15.5. The first-order valence-electron chi connectivity index (χ1n) is 7.05. The van der Waals surface area contributed by atoms with Crippen molar-refractivity contribution in [3.8, 4) is 11.8 Å². The first-order valence-corrected chi connectivity index (χ1v) is 8.63. The maximum Gasteiger partial charge on any atom is 1.00 e. The van der Waals surface area contributed by atoms with Crippen molar-refractivity contribution in [2.75, 3.05) is 5.75 Å². The van der Waals surface area contributed by atoms with Gasteiger partial charge in [0.2, 0.25) is 0 Å². The molecule has 0 fully saturated rings. The molecule has 0 heterocycles. The van der Waals surface area contributed by atoms with E-state index in [4.69, 9.17) is 0 Å². The normalized spacial score (nSPS) is 12.2.